The molecule has 24 heavy (non-hydrogen) atoms. The summed E-state index contributed by atoms with van der Waals surface area (Å²) in [5.74, 6) is 0.585. The fourth-order valence-electron chi connectivity index (χ4n) is 3.72. The van der Waals surface area contributed by atoms with Gasteiger partial charge in [-0.3, -0.25) is 14.9 Å². The fourth-order valence-corrected chi connectivity index (χ4v) is 3.72. The summed E-state index contributed by atoms with van der Waals surface area (Å²) in [4.78, 5) is 11.2. The summed E-state index contributed by atoms with van der Waals surface area (Å²) >= 11 is 0. The molecule has 4 heterocycles. The van der Waals surface area contributed by atoms with Gasteiger partial charge in [0.05, 0.1) is 25.3 Å². The van der Waals surface area contributed by atoms with Crippen LogP contribution in [0.15, 0.2) is 30.7 Å². The van der Waals surface area contributed by atoms with E-state index < -0.39 is 0 Å². The highest BCUT2D eigenvalue weighted by Crippen LogP contribution is 2.25. The summed E-state index contributed by atoms with van der Waals surface area (Å²) in [6.45, 7) is 6.30. The molecule has 2 aromatic heterocycles. The van der Waals surface area contributed by atoms with Gasteiger partial charge in [-0.25, -0.2) is 0 Å². The molecule has 2 saturated heterocycles. The van der Waals surface area contributed by atoms with E-state index in [1.807, 2.05) is 24.5 Å². The first-order chi connectivity index (χ1) is 11.9. The lowest BCUT2D eigenvalue weighted by atomic mass is 9.96. The number of hydrogen-bond donors (Lipinski definition) is 1. The van der Waals surface area contributed by atoms with Crippen LogP contribution in [0.5, 0.6) is 0 Å². The Labute approximate surface area is 142 Å². The van der Waals surface area contributed by atoms with Crippen LogP contribution in [0, 0.1) is 5.92 Å². The zero-order valence-corrected chi connectivity index (χ0v) is 13.9. The third kappa shape index (κ3) is 3.36. The van der Waals surface area contributed by atoms with E-state index in [9.17, 15) is 0 Å². The average Bonchev–Trinajstić information content (AvgIpc) is 3.17. The van der Waals surface area contributed by atoms with E-state index in [1.165, 1.54) is 0 Å². The van der Waals surface area contributed by atoms with Crippen molar-refractivity contribution >= 4 is 16.6 Å². The molecular formula is C18H24N4O2. The molecule has 2 aromatic rings. The largest absolute Gasteiger partial charge is 0.383 e. The SMILES string of the molecule is c1cc2nccc(NCC(C3CCOC3)N3CCOCC3)c2cn1. The normalized spacial score (nSPS) is 23.4. The Balaban J connectivity index is 1.51. The molecular weight excluding hydrogens is 304 g/mol. The van der Waals surface area contributed by atoms with Crippen molar-refractivity contribution < 1.29 is 9.47 Å². The summed E-state index contributed by atoms with van der Waals surface area (Å²) in [6.07, 6.45) is 6.66. The molecule has 0 aromatic carbocycles. The first kappa shape index (κ1) is 15.7. The second kappa shape index (κ2) is 7.42. The molecule has 6 heteroatoms. The maximum Gasteiger partial charge on any atom is 0.0753 e. The van der Waals surface area contributed by atoms with Crippen LogP contribution in [0.1, 0.15) is 6.42 Å². The molecule has 2 aliphatic heterocycles. The molecule has 1 N–H and O–H groups in total. The number of nitrogens with zero attached hydrogens (tertiary/aromatic N) is 3. The Kier molecular flexibility index (Phi) is 4.87. The summed E-state index contributed by atoms with van der Waals surface area (Å²) < 4.78 is 11.2. The first-order valence-corrected chi connectivity index (χ1v) is 8.74. The molecule has 0 radical (unpaired) electrons. The number of morpholine rings is 1. The van der Waals surface area contributed by atoms with E-state index in [0.717, 1.165) is 69.1 Å². The van der Waals surface area contributed by atoms with Gasteiger partial charge in [0, 0.05) is 67.9 Å². The second-order valence-corrected chi connectivity index (χ2v) is 6.47. The van der Waals surface area contributed by atoms with Gasteiger partial charge in [0.1, 0.15) is 0 Å². The molecule has 128 valence electrons. The molecule has 4 rings (SSSR count). The van der Waals surface area contributed by atoms with Gasteiger partial charge in [0.25, 0.3) is 0 Å². The molecule has 0 bridgehead atoms. The van der Waals surface area contributed by atoms with Gasteiger partial charge in [-0.1, -0.05) is 0 Å². The third-order valence-corrected chi connectivity index (χ3v) is 5.07. The van der Waals surface area contributed by atoms with E-state index in [1.54, 1.807) is 6.20 Å². The van der Waals surface area contributed by atoms with Crippen molar-refractivity contribution in [2.75, 3.05) is 51.4 Å². The van der Waals surface area contributed by atoms with Crippen LogP contribution in [0.2, 0.25) is 0 Å². The second-order valence-electron chi connectivity index (χ2n) is 6.47. The smallest absolute Gasteiger partial charge is 0.0753 e. The minimum absolute atomic E-state index is 0.469. The lowest BCUT2D eigenvalue weighted by molar-refractivity contribution is 0.00462. The minimum atomic E-state index is 0.469. The molecule has 0 amide bonds. The van der Waals surface area contributed by atoms with E-state index >= 15 is 0 Å². The predicted molar refractivity (Wildman–Crippen MR) is 93.1 cm³/mol. The number of aromatic nitrogens is 2. The van der Waals surface area contributed by atoms with Gasteiger partial charge < -0.3 is 14.8 Å². The summed E-state index contributed by atoms with van der Waals surface area (Å²) in [5.41, 5.74) is 2.08. The van der Waals surface area contributed by atoms with E-state index in [0.29, 0.717) is 12.0 Å². The van der Waals surface area contributed by atoms with Crippen LogP contribution in [-0.4, -0.2) is 67.0 Å². The number of rotatable bonds is 5. The zero-order chi connectivity index (χ0) is 16.2. The van der Waals surface area contributed by atoms with E-state index in [-0.39, 0.29) is 0 Å². The van der Waals surface area contributed by atoms with Crippen molar-refractivity contribution in [1.29, 1.82) is 0 Å². The highest BCUT2D eigenvalue weighted by Gasteiger charge is 2.31. The number of ether oxygens (including phenoxy) is 2. The van der Waals surface area contributed by atoms with Crippen molar-refractivity contribution in [3.8, 4) is 0 Å². The van der Waals surface area contributed by atoms with Gasteiger partial charge in [0.15, 0.2) is 0 Å². The van der Waals surface area contributed by atoms with Crippen LogP contribution in [-0.2, 0) is 9.47 Å². The summed E-state index contributed by atoms with van der Waals surface area (Å²) in [5, 5.41) is 4.72. The topological polar surface area (TPSA) is 59.5 Å². The Bertz CT molecular complexity index is 664. The lowest BCUT2D eigenvalue weighted by Gasteiger charge is -2.37. The van der Waals surface area contributed by atoms with Gasteiger partial charge in [-0.2, -0.15) is 0 Å². The van der Waals surface area contributed by atoms with Crippen LogP contribution in [0.25, 0.3) is 10.9 Å². The molecule has 6 nitrogen and oxygen atoms in total. The number of hydrogen-bond acceptors (Lipinski definition) is 6. The number of anilines is 1. The quantitative estimate of drug-likeness (QED) is 0.903. The van der Waals surface area contributed by atoms with Crippen LogP contribution in [0.3, 0.4) is 0 Å². The van der Waals surface area contributed by atoms with Gasteiger partial charge in [0.2, 0.25) is 0 Å². The van der Waals surface area contributed by atoms with Crippen molar-refractivity contribution in [3.63, 3.8) is 0 Å². The Hall–Kier alpha value is -1.76. The maximum atomic E-state index is 5.65. The first-order valence-electron chi connectivity index (χ1n) is 8.74. The Morgan fingerprint density at radius 1 is 1.17 bits per heavy atom. The van der Waals surface area contributed by atoms with Gasteiger partial charge >= 0.3 is 0 Å². The van der Waals surface area contributed by atoms with Gasteiger partial charge in [-0.15, -0.1) is 0 Å². The lowest BCUT2D eigenvalue weighted by Crippen LogP contribution is -2.50. The van der Waals surface area contributed by atoms with Crippen molar-refractivity contribution in [2.45, 2.75) is 12.5 Å². The maximum absolute atomic E-state index is 5.65. The van der Waals surface area contributed by atoms with Crippen LogP contribution in [0.4, 0.5) is 5.69 Å². The third-order valence-electron chi connectivity index (χ3n) is 5.07. The van der Waals surface area contributed by atoms with Gasteiger partial charge in [-0.05, 0) is 18.6 Å². The number of pyridine rings is 2. The monoisotopic (exact) mass is 328 g/mol. The number of fused-ring (bicyclic) bond motifs is 1. The standard InChI is InChI=1S/C18H24N4O2/c1-4-19-11-15-16(1)20-5-2-17(15)21-12-18(14-3-8-24-13-14)22-6-9-23-10-7-22/h1-2,4-5,11,14,18H,3,6-10,12-13H2,(H,20,21). The molecule has 2 unspecified atom stereocenters. The molecule has 2 atom stereocenters. The molecule has 0 aliphatic carbocycles. The molecule has 2 fully saturated rings. The average molecular weight is 328 g/mol. The minimum Gasteiger partial charge on any atom is -0.383 e. The summed E-state index contributed by atoms with van der Waals surface area (Å²) in [7, 11) is 0. The molecule has 0 spiro atoms. The highest BCUT2D eigenvalue weighted by molar-refractivity contribution is 5.90. The van der Waals surface area contributed by atoms with E-state index in [4.69, 9.17) is 9.47 Å². The highest BCUT2D eigenvalue weighted by atomic mass is 16.5. The van der Waals surface area contributed by atoms with Crippen molar-refractivity contribution in [1.82, 2.24) is 14.9 Å². The Morgan fingerprint density at radius 2 is 2.08 bits per heavy atom. The number of nitrogens with one attached hydrogen (secondary N) is 1. The molecule has 0 saturated carbocycles. The van der Waals surface area contributed by atoms with Crippen LogP contribution < -0.4 is 5.32 Å². The van der Waals surface area contributed by atoms with E-state index in [2.05, 4.69) is 20.2 Å². The zero-order valence-electron chi connectivity index (χ0n) is 13.9. The van der Waals surface area contributed by atoms with Crippen molar-refractivity contribution in [3.05, 3.63) is 30.7 Å². The van der Waals surface area contributed by atoms with Crippen molar-refractivity contribution in [2.24, 2.45) is 5.92 Å². The molecule has 2 aliphatic rings. The summed E-state index contributed by atoms with van der Waals surface area (Å²) in [6, 6.07) is 4.45. The Morgan fingerprint density at radius 3 is 2.92 bits per heavy atom. The van der Waals surface area contributed by atoms with Crippen LogP contribution >= 0.6 is 0 Å². The predicted octanol–water partition coefficient (Wildman–Crippen LogP) is 1.78. The fraction of sp³-hybridized carbons (Fsp3) is 0.556.